The number of methoxy groups -OCH3 is 1. The zero-order valence-electron chi connectivity index (χ0n) is 16.5. The van der Waals surface area contributed by atoms with Crippen molar-refractivity contribution in [1.29, 1.82) is 0 Å². The maximum Gasteiger partial charge on any atom is 0.240 e. The van der Waals surface area contributed by atoms with E-state index in [4.69, 9.17) is 4.74 Å². The molecule has 10 heteroatoms. The molecular formula is C17H32IN5O3S. The summed E-state index contributed by atoms with van der Waals surface area (Å²) in [5.41, 5.74) is 0.972. The first-order valence-electron chi connectivity index (χ1n) is 8.57. The summed E-state index contributed by atoms with van der Waals surface area (Å²) in [7, 11) is 3.51. The molecular weight excluding hydrogens is 481 g/mol. The van der Waals surface area contributed by atoms with E-state index in [0.717, 1.165) is 38.2 Å². The highest BCUT2D eigenvalue weighted by Crippen LogP contribution is 2.09. The number of aliphatic imine (C=N–C) groups is 1. The standard InChI is InChI=1S/C17H31N5O3S.HI/c1-18-17(20-10-12-22(3)11-5-13-25-4)21-14-15-6-8-16(9-7-15)26(23,24)19-2;/h6-9,19H,5,10-14H2,1-4H3,(H2,18,20,21);1H. The van der Waals surface area contributed by atoms with E-state index in [1.54, 1.807) is 38.4 Å². The van der Waals surface area contributed by atoms with Gasteiger partial charge in [-0.05, 0) is 38.2 Å². The van der Waals surface area contributed by atoms with Gasteiger partial charge in [-0.2, -0.15) is 0 Å². The third kappa shape index (κ3) is 10.2. The normalized spacial score (nSPS) is 12.0. The predicted octanol–water partition coefficient (Wildman–Crippen LogP) is 0.846. The maximum absolute atomic E-state index is 11.7. The molecule has 0 unspecified atom stereocenters. The molecule has 0 aliphatic heterocycles. The fourth-order valence-electron chi connectivity index (χ4n) is 2.27. The fraction of sp³-hybridized carbons (Fsp3) is 0.588. The van der Waals surface area contributed by atoms with E-state index < -0.39 is 10.0 Å². The number of guanidine groups is 1. The number of sulfonamides is 1. The number of rotatable bonds is 11. The number of nitrogens with one attached hydrogen (secondary N) is 3. The molecule has 0 saturated heterocycles. The van der Waals surface area contributed by atoms with E-state index in [1.807, 2.05) is 0 Å². The molecule has 0 fully saturated rings. The van der Waals surface area contributed by atoms with Crippen molar-refractivity contribution in [2.24, 2.45) is 4.99 Å². The Kier molecular flexibility index (Phi) is 13.6. The van der Waals surface area contributed by atoms with Gasteiger partial charge in [-0.15, -0.1) is 24.0 Å². The molecule has 0 bridgehead atoms. The van der Waals surface area contributed by atoms with Crippen LogP contribution in [0.1, 0.15) is 12.0 Å². The van der Waals surface area contributed by atoms with Gasteiger partial charge in [0.1, 0.15) is 0 Å². The van der Waals surface area contributed by atoms with Crippen LogP contribution in [-0.2, 0) is 21.3 Å². The molecule has 0 radical (unpaired) electrons. The van der Waals surface area contributed by atoms with Crippen LogP contribution in [0, 0.1) is 0 Å². The minimum atomic E-state index is -3.40. The second-order valence-corrected chi connectivity index (χ2v) is 7.74. The zero-order chi connectivity index (χ0) is 19.4. The Labute approximate surface area is 180 Å². The number of nitrogens with zero attached hydrogens (tertiary/aromatic N) is 2. The van der Waals surface area contributed by atoms with Gasteiger partial charge in [0, 0.05) is 46.9 Å². The zero-order valence-corrected chi connectivity index (χ0v) is 19.6. The number of hydrogen-bond donors (Lipinski definition) is 3. The monoisotopic (exact) mass is 513 g/mol. The maximum atomic E-state index is 11.7. The number of ether oxygens (including phenoxy) is 1. The molecule has 0 heterocycles. The molecule has 27 heavy (non-hydrogen) atoms. The number of likely N-dealkylation sites (N-methyl/N-ethyl adjacent to an activating group) is 1. The van der Waals surface area contributed by atoms with E-state index in [-0.39, 0.29) is 28.9 Å². The minimum absolute atomic E-state index is 0. The molecule has 1 rings (SSSR count). The largest absolute Gasteiger partial charge is 0.385 e. The summed E-state index contributed by atoms with van der Waals surface area (Å²) in [5, 5.41) is 6.49. The summed E-state index contributed by atoms with van der Waals surface area (Å²) in [4.78, 5) is 6.68. The lowest BCUT2D eigenvalue weighted by Gasteiger charge is -2.18. The summed E-state index contributed by atoms with van der Waals surface area (Å²) >= 11 is 0. The number of halogens is 1. The first-order chi connectivity index (χ1) is 12.4. The number of hydrogen-bond acceptors (Lipinski definition) is 5. The van der Waals surface area contributed by atoms with Crippen LogP contribution in [0.4, 0.5) is 0 Å². The Balaban J connectivity index is 0.00000676. The summed E-state index contributed by atoms with van der Waals surface area (Å²) in [6.45, 7) is 4.01. The average molecular weight is 513 g/mol. The first kappa shape index (κ1) is 26.1. The van der Waals surface area contributed by atoms with Crippen LogP contribution in [0.25, 0.3) is 0 Å². The lowest BCUT2D eigenvalue weighted by Crippen LogP contribution is -2.40. The first-order valence-corrected chi connectivity index (χ1v) is 10.1. The second-order valence-electron chi connectivity index (χ2n) is 5.85. The second kappa shape index (κ2) is 14.1. The molecule has 0 amide bonds. The molecule has 156 valence electrons. The van der Waals surface area contributed by atoms with Crippen molar-refractivity contribution in [3.63, 3.8) is 0 Å². The van der Waals surface area contributed by atoms with Gasteiger partial charge in [0.25, 0.3) is 0 Å². The molecule has 0 aliphatic carbocycles. The molecule has 8 nitrogen and oxygen atoms in total. The van der Waals surface area contributed by atoms with Crippen LogP contribution in [-0.4, -0.2) is 73.8 Å². The van der Waals surface area contributed by atoms with Crippen LogP contribution >= 0.6 is 24.0 Å². The Morgan fingerprint density at radius 2 is 1.85 bits per heavy atom. The number of benzene rings is 1. The predicted molar refractivity (Wildman–Crippen MR) is 120 cm³/mol. The van der Waals surface area contributed by atoms with Gasteiger partial charge >= 0.3 is 0 Å². The SMILES string of the molecule is CN=C(NCCN(C)CCCOC)NCc1ccc(S(=O)(=O)NC)cc1.I. The van der Waals surface area contributed by atoms with Gasteiger partial charge in [0.05, 0.1) is 4.90 Å². The van der Waals surface area contributed by atoms with Crippen molar-refractivity contribution in [3.8, 4) is 0 Å². The Hall–Kier alpha value is -0.950. The summed E-state index contributed by atoms with van der Waals surface area (Å²) < 4.78 is 30.8. The van der Waals surface area contributed by atoms with E-state index in [1.165, 1.54) is 7.05 Å². The van der Waals surface area contributed by atoms with Crippen molar-refractivity contribution in [2.45, 2.75) is 17.9 Å². The van der Waals surface area contributed by atoms with Gasteiger partial charge in [-0.25, -0.2) is 13.1 Å². The topological polar surface area (TPSA) is 95.1 Å². The highest BCUT2D eigenvalue weighted by Gasteiger charge is 2.10. The van der Waals surface area contributed by atoms with Crippen LogP contribution < -0.4 is 15.4 Å². The van der Waals surface area contributed by atoms with Gasteiger partial charge in [-0.3, -0.25) is 4.99 Å². The quantitative estimate of drug-likeness (QED) is 0.176. The van der Waals surface area contributed by atoms with Gasteiger partial charge in [-0.1, -0.05) is 12.1 Å². The Bertz CT molecular complexity index is 653. The van der Waals surface area contributed by atoms with Crippen molar-refractivity contribution >= 4 is 40.0 Å². The van der Waals surface area contributed by atoms with Gasteiger partial charge < -0.3 is 20.3 Å². The molecule has 1 aromatic rings. The lowest BCUT2D eigenvalue weighted by atomic mass is 10.2. The molecule has 0 aliphatic rings. The van der Waals surface area contributed by atoms with Crippen LogP contribution in [0.5, 0.6) is 0 Å². The smallest absolute Gasteiger partial charge is 0.240 e. The average Bonchev–Trinajstić information content (AvgIpc) is 2.65. The molecule has 0 spiro atoms. The minimum Gasteiger partial charge on any atom is -0.385 e. The Morgan fingerprint density at radius 1 is 1.19 bits per heavy atom. The third-order valence-electron chi connectivity index (χ3n) is 3.86. The van der Waals surface area contributed by atoms with Crippen LogP contribution in [0.3, 0.4) is 0 Å². The molecule has 0 aromatic heterocycles. The molecule has 0 atom stereocenters. The molecule has 1 aromatic carbocycles. The molecule has 3 N–H and O–H groups in total. The summed E-state index contributed by atoms with van der Waals surface area (Å²) in [6.07, 6.45) is 1.01. The van der Waals surface area contributed by atoms with E-state index >= 15 is 0 Å². The van der Waals surface area contributed by atoms with Crippen molar-refractivity contribution < 1.29 is 13.2 Å². The van der Waals surface area contributed by atoms with E-state index in [0.29, 0.717) is 12.5 Å². The Morgan fingerprint density at radius 3 is 2.41 bits per heavy atom. The van der Waals surface area contributed by atoms with E-state index in [2.05, 4.69) is 32.3 Å². The fourth-order valence-corrected chi connectivity index (χ4v) is 3.00. The van der Waals surface area contributed by atoms with Crippen molar-refractivity contribution in [3.05, 3.63) is 29.8 Å². The lowest BCUT2D eigenvalue weighted by molar-refractivity contribution is 0.180. The van der Waals surface area contributed by atoms with Crippen molar-refractivity contribution in [1.82, 2.24) is 20.3 Å². The van der Waals surface area contributed by atoms with E-state index in [9.17, 15) is 8.42 Å². The van der Waals surface area contributed by atoms with Gasteiger partial charge in [0.15, 0.2) is 5.96 Å². The highest BCUT2D eigenvalue weighted by molar-refractivity contribution is 14.0. The highest BCUT2D eigenvalue weighted by atomic mass is 127. The third-order valence-corrected chi connectivity index (χ3v) is 5.29. The summed E-state index contributed by atoms with van der Waals surface area (Å²) in [5.74, 6) is 0.710. The van der Waals surface area contributed by atoms with Crippen molar-refractivity contribution in [2.75, 3.05) is 54.5 Å². The van der Waals surface area contributed by atoms with Crippen LogP contribution in [0.15, 0.2) is 34.2 Å². The van der Waals surface area contributed by atoms with Gasteiger partial charge in [0.2, 0.25) is 10.0 Å². The summed E-state index contributed by atoms with van der Waals surface area (Å²) in [6, 6.07) is 6.75. The van der Waals surface area contributed by atoms with Crippen LogP contribution in [0.2, 0.25) is 0 Å². The molecule has 0 saturated carbocycles.